The van der Waals surface area contributed by atoms with Crippen LogP contribution in [0.15, 0.2) is 41.5 Å². The fraction of sp³-hybridized carbons (Fsp3) is 0.316. The Hall–Kier alpha value is -2.05. The Kier molecular flexibility index (Phi) is 4.40. The number of halogens is 1. The van der Waals surface area contributed by atoms with Crippen LogP contribution in [0, 0.1) is 5.92 Å². The van der Waals surface area contributed by atoms with Crippen molar-refractivity contribution in [3.8, 4) is 0 Å². The van der Waals surface area contributed by atoms with E-state index in [4.69, 9.17) is 22.3 Å². The molecule has 0 saturated carbocycles. The van der Waals surface area contributed by atoms with E-state index < -0.39 is 0 Å². The van der Waals surface area contributed by atoms with Gasteiger partial charge in [0.1, 0.15) is 5.69 Å². The molecule has 4 rings (SSSR count). The van der Waals surface area contributed by atoms with Gasteiger partial charge in [0.05, 0.1) is 10.6 Å². The molecule has 0 bridgehead atoms. The summed E-state index contributed by atoms with van der Waals surface area (Å²) in [6, 6.07) is 9.30. The smallest absolute Gasteiger partial charge is 0.274 e. The quantitative estimate of drug-likeness (QED) is 0.822. The van der Waals surface area contributed by atoms with Gasteiger partial charge in [-0.3, -0.25) is 9.79 Å². The molecule has 2 aliphatic rings. The molecule has 1 aliphatic carbocycles. The van der Waals surface area contributed by atoms with E-state index in [9.17, 15) is 4.79 Å². The number of anilines is 1. The number of amides is 1. The lowest BCUT2D eigenvalue weighted by Gasteiger charge is -2.42. The third-order valence-corrected chi connectivity index (χ3v) is 6.38. The fourth-order valence-corrected chi connectivity index (χ4v) is 4.95. The van der Waals surface area contributed by atoms with Crippen molar-refractivity contribution in [1.82, 2.24) is 4.98 Å². The minimum absolute atomic E-state index is 0.263. The van der Waals surface area contributed by atoms with Crippen molar-refractivity contribution < 1.29 is 4.79 Å². The Morgan fingerprint density at radius 3 is 3.00 bits per heavy atom. The number of hydrogen-bond donors (Lipinski definition) is 2. The number of rotatable bonds is 2. The standard InChI is InChI=1S/C19H19ClN4OS/c1-19-12(10-26-18(21)24-19)4-2-11-3-6-14(8-15(11)19)23-17(25)16-7-5-13(20)9-22-16/h3,5-9,12H,2,4,10H2,1H3,(H2,21,24)(H,23,25)/t12-,19+/m0/s1. The van der Waals surface area contributed by atoms with Gasteiger partial charge in [0.15, 0.2) is 5.17 Å². The minimum Gasteiger partial charge on any atom is -0.379 e. The number of fused-ring (bicyclic) bond motifs is 3. The van der Waals surface area contributed by atoms with Crippen molar-refractivity contribution in [3.05, 3.63) is 58.4 Å². The van der Waals surface area contributed by atoms with E-state index in [2.05, 4.69) is 23.3 Å². The molecule has 5 nitrogen and oxygen atoms in total. The van der Waals surface area contributed by atoms with Crippen molar-refractivity contribution in [2.45, 2.75) is 25.3 Å². The van der Waals surface area contributed by atoms with E-state index in [0.29, 0.717) is 21.8 Å². The first-order chi connectivity index (χ1) is 12.5. The average molecular weight is 387 g/mol. The van der Waals surface area contributed by atoms with Gasteiger partial charge in [-0.1, -0.05) is 29.4 Å². The number of nitrogens with zero attached hydrogens (tertiary/aromatic N) is 2. The molecule has 134 valence electrons. The van der Waals surface area contributed by atoms with Gasteiger partial charge >= 0.3 is 0 Å². The lowest BCUT2D eigenvalue weighted by atomic mass is 9.71. The van der Waals surface area contributed by atoms with E-state index in [1.54, 1.807) is 23.9 Å². The summed E-state index contributed by atoms with van der Waals surface area (Å²) in [5.74, 6) is 1.17. The number of hydrogen-bond acceptors (Lipinski definition) is 5. The number of pyridine rings is 1. The molecule has 0 spiro atoms. The minimum atomic E-state index is -0.331. The molecule has 0 radical (unpaired) electrons. The summed E-state index contributed by atoms with van der Waals surface area (Å²) in [7, 11) is 0. The molecule has 0 unspecified atom stereocenters. The maximum absolute atomic E-state index is 12.4. The maximum Gasteiger partial charge on any atom is 0.274 e. The number of carbonyl (C=O) groups excluding carboxylic acids is 1. The maximum atomic E-state index is 12.4. The molecule has 1 amide bonds. The van der Waals surface area contributed by atoms with Crippen LogP contribution in [0.3, 0.4) is 0 Å². The highest BCUT2D eigenvalue weighted by atomic mass is 35.5. The number of carbonyl (C=O) groups is 1. The predicted octanol–water partition coefficient (Wildman–Crippen LogP) is 3.83. The number of thioether (sulfide) groups is 1. The Morgan fingerprint density at radius 2 is 2.23 bits per heavy atom. The number of aromatic nitrogens is 1. The van der Waals surface area contributed by atoms with Crippen LogP contribution in [0.2, 0.25) is 5.02 Å². The zero-order valence-corrected chi connectivity index (χ0v) is 15.9. The van der Waals surface area contributed by atoms with Gasteiger partial charge in [0, 0.05) is 17.6 Å². The number of aryl methyl sites for hydroxylation is 1. The third kappa shape index (κ3) is 3.08. The SMILES string of the molecule is C[C@@]12N=C(N)SC[C@@H]1CCc1ccc(NC(=O)c3ccc(Cl)cn3)cc12. The Balaban J connectivity index is 1.65. The normalized spacial score (nSPS) is 24.2. The molecule has 7 heteroatoms. The molecule has 26 heavy (non-hydrogen) atoms. The summed E-state index contributed by atoms with van der Waals surface area (Å²) in [5, 5.41) is 4.06. The van der Waals surface area contributed by atoms with Gasteiger partial charge < -0.3 is 11.1 Å². The predicted molar refractivity (Wildman–Crippen MR) is 107 cm³/mol. The van der Waals surface area contributed by atoms with Crippen molar-refractivity contribution in [2.24, 2.45) is 16.6 Å². The van der Waals surface area contributed by atoms with Gasteiger partial charge in [-0.15, -0.1) is 0 Å². The molecule has 0 fully saturated rings. The zero-order chi connectivity index (χ0) is 18.3. The first-order valence-corrected chi connectivity index (χ1v) is 9.86. The van der Waals surface area contributed by atoms with Crippen molar-refractivity contribution in [2.75, 3.05) is 11.1 Å². The summed E-state index contributed by atoms with van der Waals surface area (Å²) in [6.45, 7) is 2.15. The van der Waals surface area contributed by atoms with Gasteiger partial charge in [-0.25, -0.2) is 4.98 Å². The van der Waals surface area contributed by atoms with Crippen LogP contribution >= 0.6 is 23.4 Å². The monoisotopic (exact) mass is 386 g/mol. The summed E-state index contributed by atoms with van der Waals surface area (Å²) < 4.78 is 0. The number of benzene rings is 1. The van der Waals surface area contributed by atoms with E-state index in [-0.39, 0.29) is 11.4 Å². The highest BCUT2D eigenvalue weighted by Gasteiger charge is 2.42. The van der Waals surface area contributed by atoms with E-state index in [1.165, 1.54) is 11.8 Å². The Bertz CT molecular complexity index is 899. The molecule has 2 heterocycles. The van der Waals surface area contributed by atoms with Crippen molar-refractivity contribution in [3.63, 3.8) is 0 Å². The summed E-state index contributed by atoms with van der Waals surface area (Å²) in [6.07, 6.45) is 3.60. The summed E-state index contributed by atoms with van der Waals surface area (Å²) in [5.41, 5.74) is 9.17. The second-order valence-corrected chi connectivity index (χ2v) is 8.31. The summed E-state index contributed by atoms with van der Waals surface area (Å²) >= 11 is 7.46. The number of nitrogens with one attached hydrogen (secondary N) is 1. The van der Waals surface area contributed by atoms with Crippen LogP contribution < -0.4 is 11.1 Å². The molecule has 1 aliphatic heterocycles. The molecule has 3 N–H and O–H groups in total. The Labute approximate surface area is 161 Å². The summed E-state index contributed by atoms with van der Waals surface area (Å²) in [4.78, 5) is 21.3. The Morgan fingerprint density at radius 1 is 1.38 bits per heavy atom. The molecular weight excluding hydrogens is 368 g/mol. The lowest BCUT2D eigenvalue weighted by Crippen LogP contribution is -2.41. The van der Waals surface area contributed by atoms with Crippen molar-refractivity contribution in [1.29, 1.82) is 0 Å². The van der Waals surface area contributed by atoms with Crippen LogP contribution in [0.1, 0.15) is 35.0 Å². The lowest BCUT2D eigenvalue weighted by molar-refractivity contribution is 0.102. The van der Waals surface area contributed by atoms with Gasteiger partial charge in [-0.2, -0.15) is 0 Å². The van der Waals surface area contributed by atoms with Crippen LogP contribution in [0.25, 0.3) is 0 Å². The van der Waals surface area contributed by atoms with Crippen LogP contribution in [0.5, 0.6) is 0 Å². The van der Waals surface area contributed by atoms with E-state index >= 15 is 0 Å². The third-order valence-electron chi connectivity index (χ3n) is 5.20. The zero-order valence-electron chi connectivity index (χ0n) is 14.3. The molecule has 0 saturated heterocycles. The van der Waals surface area contributed by atoms with Crippen LogP contribution in [0.4, 0.5) is 5.69 Å². The first kappa shape index (κ1) is 17.4. The van der Waals surface area contributed by atoms with E-state index in [1.807, 2.05) is 12.1 Å². The van der Waals surface area contributed by atoms with Crippen molar-refractivity contribution >= 4 is 40.1 Å². The molecule has 2 atom stereocenters. The van der Waals surface area contributed by atoms with Crippen LogP contribution in [-0.4, -0.2) is 21.8 Å². The highest BCUT2D eigenvalue weighted by molar-refractivity contribution is 8.13. The fourth-order valence-electron chi connectivity index (χ4n) is 3.72. The van der Waals surface area contributed by atoms with Gasteiger partial charge in [0.25, 0.3) is 5.91 Å². The first-order valence-electron chi connectivity index (χ1n) is 8.50. The van der Waals surface area contributed by atoms with Gasteiger partial charge in [0.2, 0.25) is 0 Å². The molecule has 1 aromatic carbocycles. The largest absolute Gasteiger partial charge is 0.379 e. The van der Waals surface area contributed by atoms with Gasteiger partial charge in [-0.05, 0) is 61.1 Å². The topological polar surface area (TPSA) is 80.4 Å². The highest BCUT2D eigenvalue weighted by Crippen LogP contribution is 2.47. The average Bonchev–Trinajstić information content (AvgIpc) is 2.62. The van der Waals surface area contributed by atoms with Crippen LogP contribution in [-0.2, 0) is 12.0 Å². The number of nitrogens with two attached hydrogens (primary N) is 1. The second-order valence-electron chi connectivity index (χ2n) is 6.83. The molecule has 2 aromatic rings. The second kappa shape index (κ2) is 6.59. The number of amidine groups is 1. The van der Waals surface area contributed by atoms with E-state index in [0.717, 1.165) is 29.8 Å². The number of aliphatic imine (C=N–C) groups is 1. The molecule has 1 aromatic heterocycles. The molecular formula is C19H19ClN4OS.